The monoisotopic (exact) mass is 354 g/mol. The van der Waals surface area contributed by atoms with Crippen molar-refractivity contribution < 1.29 is 15.3 Å². The van der Waals surface area contributed by atoms with Crippen molar-refractivity contribution in [3.8, 4) is 5.75 Å². The molecule has 1 rings (SSSR count). The van der Waals surface area contributed by atoms with E-state index in [0.29, 0.717) is 24.3 Å². The van der Waals surface area contributed by atoms with Crippen LogP contribution in [0.15, 0.2) is 40.1 Å². The number of phenols is 1. The van der Waals surface area contributed by atoms with Crippen molar-refractivity contribution >= 4 is 15.9 Å². The van der Waals surface area contributed by atoms with Gasteiger partial charge in [-0.25, -0.2) is 0 Å². The number of aliphatic hydroxyl groups excluding tert-OH is 2. The molecule has 116 valence electrons. The summed E-state index contributed by atoms with van der Waals surface area (Å²) in [6, 6.07) is 4.98. The molecule has 4 heteroatoms. The molecule has 0 aliphatic rings. The molecule has 2 atom stereocenters. The molecule has 0 heterocycles. The first-order valence-corrected chi connectivity index (χ1v) is 7.89. The third-order valence-corrected chi connectivity index (χ3v) is 3.68. The van der Waals surface area contributed by atoms with Crippen molar-refractivity contribution in [1.29, 1.82) is 0 Å². The van der Waals surface area contributed by atoms with Crippen LogP contribution in [0.2, 0.25) is 0 Å². The fourth-order valence-corrected chi connectivity index (χ4v) is 2.38. The summed E-state index contributed by atoms with van der Waals surface area (Å²) in [5.74, 6) is 0.378. The third-order valence-electron chi connectivity index (χ3n) is 3.19. The number of hydrogen-bond acceptors (Lipinski definition) is 3. The molecule has 0 unspecified atom stereocenters. The number of hydrogen-bond donors (Lipinski definition) is 3. The maximum Gasteiger partial charge on any atom is 0.121 e. The molecule has 0 fully saturated rings. The van der Waals surface area contributed by atoms with Crippen LogP contribution in [0.25, 0.3) is 0 Å². The molecule has 3 N–H and O–H groups in total. The fourth-order valence-electron chi connectivity index (χ4n) is 2.00. The standard InChI is InChI=1S/C17H23BrO3/c1-11(2)13(9-12(3)19)5-4-6-16(20)15-10-14(18)7-8-17(15)21/h4,7-8,10-12,16,19-21H,6,9H2,1-3H3/t5?,12-,16+/m0/s1. The Kier molecular flexibility index (Phi) is 7.20. The molecule has 0 aromatic heterocycles. The average molecular weight is 355 g/mol. The summed E-state index contributed by atoms with van der Waals surface area (Å²) in [5.41, 5.74) is 4.68. The Hall–Kier alpha value is -1.06. The van der Waals surface area contributed by atoms with E-state index in [1.165, 1.54) is 0 Å². The van der Waals surface area contributed by atoms with E-state index in [0.717, 1.165) is 10.0 Å². The zero-order chi connectivity index (χ0) is 16.0. The van der Waals surface area contributed by atoms with E-state index in [1.54, 1.807) is 31.2 Å². The van der Waals surface area contributed by atoms with Gasteiger partial charge in [-0.15, -0.1) is 5.73 Å². The molecule has 0 saturated heterocycles. The van der Waals surface area contributed by atoms with Crippen LogP contribution in [0.3, 0.4) is 0 Å². The second-order valence-electron chi connectivity index (χ2n) is 5.54. The molecule has 0 radical (unpaired) electrons. The largest absolute Gasteiger partial charge is 0.508 e. The Morgan fingerprint density at radius 1 is 1.29 bits per heavy atom. The molecular formula is C17H23BrO3. The first kappa shape index (κ1) is 18.0. The summed E-state index contributed by atoms with van der Waals surface area (Å²) in [5, 5.41) is 29.4. The van der Waals surface area contributed by atoms with E-state index in [2.05, 4.69) is 35.5 Å². The Bertz CT molecular complexity index is 529. The Morgan fingerprint density at radius 2 is 1.95 bits per heavy atom. The summed E-state index contributed by atoms with van der Waals surface area (Å²) in [4.78, 5) is 0. The highest BCUT2D eigenvalue weighted by Gasteiger charge is 2.11. The minimum atomic E-state index is -0.782. The van der Waals surface area contributed by atoms with Crippen molar-refractivity contribution in [3.63, 3.8) is 0 Å². The number of rotatable bonds is 6. The lowest BCUT2D eigenvalue weighted by molar-refractivity contribution is 0.177. The van der Waals surface area contributed by atoms with Crippen LogP contribution >= 0.6 is 15.9 Å². The highest BCUT2D eigenvalue weighted by atomic mass is 79.9. The predicted octanol–water partition coefficient (Wildman–Crippen LogP) is 4.09. The summed E-state index contributed by atoms with van der Waals surface area (Å²) < 4.78 is 0.811. The molecule has 1 aromatic rings. The zero-order valence-electron chi connectivity index (χ0n) is 12.7. The van der Waals surface area contributed by atoms with Crippen LogP contribution in [-0.4, -0.2) is 21.4 Å². The highest BCUT2D eigenvalue weighted by molar-refractivity contribution is 9.10. The second-order valence-corrected chi connectivity index (χ2v) is 6.45. The van der Waals surface area contributed by atoms with Crippen LogP contribution in [0.4, 0.5) is 0 Å². The Morgan fingerprint density at radius 3 is 2.52 bits per heavy atom. The topological polar surface area (TPSA) is 60.7 Å². The molecule has 1 aromatic carbocycles. The van der Waals surface area contributed by atoms with Crippen molar-refractivity contribution in [2.45, 2.75) is 45.8 Å². The normalized spacial score (nSPS) is 13.7. The zero-order valence-corrected chi connectivity index (χ0v) is 14.3. The van der Waals surface area contributed by atoms with Crippen LogP contribution < -0.4 is 0 Å². The number of phenolic OH excluding ortho intramolecular Hbond substituents is 1. The minimum Gasteiger partial charge on any atom is -0.508 e. The van der Waals surface area contributed by atoms with Crippen LogP contribution in [0.5, 0.6) is 5.75 Å². The minimum absolute atomic E-state index is 0.0798. The fraction of sp³-hybridized carbons (Fsp3) is 0.471. The van der Waals surface area contributed by atoms with Gasteiger partial charge in [0.05, 0.1) is 12.2 Å². The summed E-state index contributed by atoms with van der Waals surface area (Å²) in [6.45, 7) is 5.85. The van der Waals surface area contributed by atoms with Crippen LogP contribution in [-0.2, 0) is 0 Å². The first-order chi connectivity index (χ1) is 9.81. The lowest BCUT2D eigenvalue weighted by Crippen LogP contribution is -2.04. The second kappa shape index (κ2) is 8.40. The molecule has 0 aliphatic heterocycles. The number of benzene rings is 1. The molecule has 0 aliphatic carbocycles. The Labute approximate surface area is 134 Å². The molecule has 3 nitrogen and oxygen atoms in total. The molecule has 0 saturated carbocycles. The van der Waals surface area contributed by atoms with Gasteiger partial charge in [0.2, 0.25) is 0 Å². The first-order valence-electron chi connectivity index (χ1n) is 7.09. The molecule has 21 heavy (non-hydrogen) atoms. The lowest BCUT2D eigenvalue weighted by Gasteiger charge is -2.12. The summed E-state index contributed by atoms with van der Waals surface area (Å²) in [6.07, 6.45) is 1.52. The van der Waals surface area contributed by atoms with E-state index in [9.17, 15) is 15.3 Å². The third kappa shape index (κ3) is 6.06. The van der Waals surface area contributed by atoms with Gasteiger partial charge in [-0.1, -0.05) is 29.8 Å². The Balaban J connectivity index is 2.84. The lowest BCUT2D eigenvalue weighted by atomic mass is 9.98. The van der Waals surface area contributed by atoms with Crippen LogP contribution in [0.1, 0.15) is 45.3 Å². The maximum absolute atomic E-state index is 10.1. The summed E-state index contributed by atoms with van der Waals surface area (Å²) >= 11 is 3.32. The van der Waals surface area contributed by atoms with Gasteiger partial charge in [0.1, 0.15) is 5.75 Å². The predicted molar refractivity (Wildman–Crippen MR) is 88.1 cm³/mol. The van der Waals surface area contributed by atoms with Gasteiger partial charge in [-0.3, -0.25) is 0 Å². The number of aliphatic hydroxyl groups is 2. The smallest absolute Gasteiger partial charge is 0.121 e. The van der Waals surface area contributed by atoms with Gasteiger partial charge >= 0.3 is 0 Å². The quantitative estimate of drug-likeness (QED) is 0.674. The molecule has 0 spiro atoms. The summed E-state index contributed by atoms with van der Waals surface area (Å²) in [7, 11) is 0. The van der Waals surface area contributed by atoms with Gasteiger partial charge < -0.3 is 15.3 Å². The van der Waals surface area contributed by atoms with E-state index in [-0.39, 0.29) is 5.75 Å². The molecule has 0 amide bonds. The molecule has 0 bridgehead atoms. The van der Waals surface area contributed by atoms with Crippen LogP contribution in [0, 0.1) is 5.92 Å². The maximum atomic E-state index is 10.1. The number of halogens is 1. The van der Waals surface area contributed by atoms with Crippen molar-refractivity contribution in [1.82, 2.24) is 0 Å². The van der Waals surface area contributed by atoms with Gasteiger partial charge in [-0.2, -0.15) is 0 Å². The number of aromatic hydroxyl groups is 1. The van der Waals surface area contributed by atoms with Gasteiger partial charge in [0, 0.05) is 22.9 Å². The SMILES string of the molecule is CC(C)C(=C=CC[C@@H](O)c1cc(Br)ccc1O)C[C@H](C)O. The van der Waals surface area contributed by atoms with Crippen molar-refractivity contribution in [2.75, 3.05) is 0 Å². The average Bonchev–Trinajstić information content (AvgIpc) is 2.39. The van der Waals surface area contributed by atoms with Crippen molar-refractivity contribution in [3.05, 3.63) is 45.6 Å². The van der Waals surface area contributed by atoms with Crippen molar-refractivity contribution in [2.24, 2.45) is 5.92 Å². The van der Waals surface area contributed by atoms with Gasteiger partial charge in [-0.05, 0) is 42.7 Å². The van der Waals surface area contributed by atoms with E-state index in [4.69, 9.17) is 0 Å². The highest BCUT2D eigenvalue weighted by Crippen LogP contribution is 2.29. The van der Waals surface area contributed by atoms with E-state index < -0.39 is 12.2 Å². The van der Waals surface area contributed by atoms with E-state index in [1.807, 2.05) is 0 Å². The molecular weight excluding hydrogens is 332 g/mol. The van der Waals surface area contributed by atoms with Gasteiger partial charge in [0.25, 0.3) is 0 Å². The van der Waals surface area contributed by atoms with Gasteiger partial charge in [0.15, 0.2) is 0 Å². The van der Waals surface area contributed by atoms with E-state index >= 15 is 0 Å².